The molecule has 2 atom stereocenters. The topological polar surface area (TPSA) is 87.9 Å². The molecule has 0 saturated carbocycles. The van der Waals surface area contributed by atoms with E-state index in [1.807, 2.05) is 0 Å². The van der Waals surface area contributed by atoms with Gasteiger partial charge in [0.1, 0.15) is 25.4 Å². The number of hydrazine groups is 2. The summed E-state index contributed by atoms with van der Waals surface area (Å²) in [5, 5.41) is 1.12. The molecule has 2 fully saturated rings. The van der Waals surface area contributed by atoms with E-state index in [1.165, 1.54) is 6.08 Å². The molecule has 94 valence electrons. The summed E-state index contributed by atoms with van der Waals surface area (Å²) >= 11 is 0. The second-order valence-corrected chi connectivity index (χ2v) is 3.91. The SMILES string of the molecule is O=C1C=C(OCC2CO2)NN(OCC2CO2)N1. The number of ether oxygens (including phenoxy) is 3. The standard InChI is InChI=1S/C9H13N3O5/c13-8-1-9(16-4-6-2-14-6)11-12(10-8)17-5-7-3-15-7/h1,6-7,11H,2-5H2,(H,10,13). The first-order valence-corrected chi connectivity index (χ1v) is 5.37. The van der Waals surface area contributed by atoms with Gasteiger partial charge in [0.25, 0.3) is 5.91 Å². The molecule has 3 rings (SSSR count). The van der Waals surface area contributed by atoms with Gasteiger partial charge in [0.05, 0.1) is 19.3 Å². The summed E-state index contributed by atoms with van der Waals surface area (Å²) in [7, 11) is 0. The molecule has 3 aliphatic rings. The minimum absolute atomic E-state index is 0.115. The maximum atomic E-state index is 11.3. The Labute approximate surface area is 97.3 Å². The average Bonchev–Trinajstić information content (AvgIpc) is 3.15. The lowest BCUT2D eigenvalue weighted by Gasteiger charge is -2.27. The fourth-order valence-corrected chi connectivity index (χ4v) is 1.22. The Kier molecular flexibility index (Phi) is 2.85. The van der Waals surface area contributed by atoms with Crippen LogP contribution in [0, 0.1) is 0 Å². The van der Waals surface area contributed by atoms with Crippen molar-refractivity contribution in [2.45, 2.75) is 12.2 Å². The highest BCUT2D eigenvalue weighted by molar-refractivity contribution is 5.87. The molecule has 8 heteroatoms. The molecule has 8 nitrogen and oxygen atoms in total. The van der Waals surface area contributed by atoms with Crippen LogP contribution < -0.4 is 10.9 Å². The van der Waals surface area contributed by atoms with Crippen molar-refractivity contribution in [1.29, 1.82) is 0 Å². The maximum Gasteiger partial charge on any atom is 0.266 e. The summed E-state index contributed by atoms with van der Waals surface area (Å²) in [5.74, 6) is 0.0214. The fourth-order valence-electron chi connectivity index (χ4n) is 1.22. The quantitative estimate of drug-likeness (QED) is 0.544. The third kappa shape index (κ3) is 3.30. The lowest BCUT2D eigenvalue weighted by atomic mass is 10.5. The van der Waals surface area contributed by atoms with E-state index < -0.39 is 0 Å². The number of carbonyl (C=O) groups is 1. The van der Waals surface area contributed by atoms with Crippen LogP contribution in [0.2, 0.25) is 0 Å². The highest BCUT2D eigenvalue weighted by atomic mass is 16.8. The van der Waals surface area contributed by atoms with Gasteiger partial charge in [-0.1, -0.05) is 0 Å². The normalized spacial score (nSPS) is 31.3. The van der Waals surface area contributed by atoms with Gasteiger partial charge in [-0.05, 0) is 0 Å². The van der Waals surface area contributed by atoms with Gasteiger partial charge in [-0.25, -0.2) is 10.9 Å². The summed E-state index contributed by atoms with van der Waals surface area (Å²) in [4.78, 5) is 16.6. The molecule has 2 N–H and O–H groups in total. The number of carbonyl (C=O) groups excluding carboxylic acids is 1. The summed E-state index contributed by atoms with van der Waals surface area (Å²) < 4.78 is 15.3. The molecule has 17 heavy (non-hydrogen) atoms. The second-order valence-electron chi connectivity index (χ2n) is 3.91. The number of epoxide rings is 2. The van der Waals surface area contributed by atoms with Crippen molar-refractivity contribution in [3.8, 4) is 0 Å². The van der Waals surface area contributed by atoms with Crippen molar-refractivity contribution in [3.05, 3.63) is 12.0 Å². The van der Waals surface area contributed by atoms with E-state index in [0.717, 1.165) is 5.28 Å². The Bertz CT molecular complexity index is 340. The van der Waals surface area contributed by atoms with Crippen molar-refractivity contribution in [3.63, 3.8) is 0 Å². The highest BCUT2D eigenvalue weighted by Gasteiger charge is 2.27. The predicted octanol–water partition coefficient (Wildman–Crippen LogP) is -1.57. The molecule has 1 amide bonds. The molecule has 0 radical (unpaired) electrons. The zero-order chi connectivity index (χ0) is 11.7. The largest absolute Gasteiger partial charge is 0.475 e. The van der Waals surface area contributed by atoms with Gasteiger partial charge in [0, 0.05) is 5.28 Å². The van der Waals surface area contributed by atoms with E-state index in [9.17, 15) is 4.79 Å². The van der Waals surface area contributed by atoms with Crippen LogP contribution in [0.25, 0.3) is 0 Å². The molecule has 0 aromatic rings. The number of hydrogen-bond donors (Lipinski definition) is 2. The Morgan fingerprint density at radius 3 is 2.71 bits per heavy atom. The lowest BCUT2D eigenvalue weighted by Crippen LogP contribution is -2.54. The van der Waals surface area contributed by atoms with Crippen molar-refractivity contribution >= 4 is 5.91 Å². The summed E-state index contributed by atoms with van der Waals surface area (Å²) in [5.41, 5.74) is 5.21. The van der Waals surface area contributed by atoms with Crippen LogP contribution in [0.1, 0.15) is 0 Å². The van der Waals surface area contributed by atoms with Gasteiger partial charge in [-0.15, -0.1) is 0 Å². The third-order valence-electron chi connectivity index (χ3n) is 2.30. The fraction of sp³-hybridized carbons (Fsp3) is 0.667. The molecule has 2 saturated heterocycles. The van der Waals surface area contributed by atoms with Crippen LogP contribution in [-0.2, 0) is 23.8 Å². The summed E-state index contributed by atoms with van der Waals surface area (Å²) in [6.07, 6.45) is 1.57. The minimum atomic E-state index is -0.313. The molecule has 0 aromatic carbocycles. The van der Waals surface area contributed by atoms with E-state index in [2.05, 4.69) is 10.9 Å². The number of nitrogens with zero attached hydrogens (tertiary/aromatic N) is 1. The molecule has 0 spiro atoms. The van der Waals surface area contributed by atoms with Gasteiger partial charge in [0.15, 0.2) is 0 Å². The molecule has 0 aliphatic carbocycles. The van der Waals surface area contributed by atoms with Gasteiger partial charge in [-0.3, -0.25) is 9.63 Å². The number of nitrogens with one attached hydrogen (secondary N) is 2. The lowest BCUT2D eigenvalue weighted by molar-refractivity contribution is -0.235. The molecular weight excluding hydrogens is 230 g/mol. The third-order valence-corrected chi connectivity index (χ3v) is 2.30. The van der Waals surface area contributed by atoms with E-state index in [4.69, 9.17) is 19.0 Å². The van der Waals surface area contributed by atoms with Crippen molar-refractivity contribution in [2.24, 2.45) is 0 Å². The Morgan fingerprint density at radius 2 is 2.00 bits per heavy atom. The van der Waals surface area contributed by atoms with E-state index >= 15 is 0 Å². The molecule has 3 heterocycles. The second kappa shape index (κ2) is 4.49. The average molecular weight is 243 g/mol. The van der Waals surface area contributed by atoms with Crippen LogP contribution in [0.3, 0.4) is 0 Å². The zero-order valence-electron chi connectivity index (χ0n) is 9.05. The molecule has 2 unspecified atom stereocenters. The van der Waals surface area contributed by atoms with Crippen molar-refractivity contribution in [1.82, 2.24) is 16.1 Å². The summed E-state index contributed by atoms with van der Waals surface area (Å²) in [6.45, 7) is 2.21. The monoisotopic (exact) mass is 243 g/mol. The number of rotatable bonds is 6. The van der Waals surface area contributed by atoms with Gasteiger partial charge < -0.3 is 14.2 Å². The summed E-state index contributed by atoms with van der Waals surface area (Å²) in [6, 6.07) is 0. The van der Waals surface area contributed by atoms with E-state index in [1.54, 1.807) is 0 Å². The predicted molar refractivity (Wildman–Crippen MR) is 52.6 cm³/mol. The van der Waals surface area contributed by atoms with Crippen LogP contribution in [-0.4, -0.2) is 49.8 Å². The van der Waals surface area contributed by atoms with Crippen LogP contribution in [0.15, 0.2) is 12.0 Å². The molecular formula is C9H13N3O5. The molecule has 3 aliphatic heterocycles. The minimum Gasteiger partial charge on any atom is -0.475 e. The van der Waals surface area contributed by atoms with Gasteiger partial charge in [0.2, 0.25) is 5.88 Å². The maximum absolute atomic E-state index is 11.3. The van der Waals surface area contributed by atoms with Gasteiger partial charge in [-0.2, -0.15) is 0 Å². The smallest absolute Gasteiger partial charge is 0.266 e. The Balaban J connectivity index is 1.46. The van der Waals surface area contributed by atoms with Crippen LogP contribution >= 0.6 is 0 Å². The highest BCUT2D eigenvalue weighted by Crippen LogP contribution is 2.12. The molecule has 0 aromatic heterocycles. The van der Waals surface area contributed by atoms with E-state index in [0.29, 0.717) is 32.3 Å². The Morgan fingerprint density at radius 1 is 1.29 bits per heavy atom. The van der Waals surface area contributed by atoms with Crippen LogP contribution in [0.5, 0.6) is 0 Å². The van der Waals surface area contributed by atoms with Crippen molar-refractivity contribution < 1.29 is 23.8 Å². The zero-order valence-corrected chi connectivity index (χ0v) is 9.05. The number of hydrogen-bond acceptors (Lipinski definition) is 7. The first kappa shape index (κ1) is 10.8. The Hall–Kier alpha value is -1.35. The first-order chi connectivity index (χ1) is 8.29. The van der Waals surface area contributed by atoms with Crippen LogP contribution in [0.4, 0.5) is 0 Å². The van der Waals surface area contributed by atoms with Gasteiger partial charge >= 0.3 is 0 Å². The van der Waals surface area contributed by atoms with Crippen molar-refractivity contribution in [2.75, 3.05) is 26.4 Å². The number of amides is 1. The van der Waals surface area contributed by atoms with E-state index in [-0.39, 0.29) is 18.1 Å². The molecule has 0 bridgehead atoms. The first-order valence-electron chi connectivity index (χ1n) is 5.37.